The summed E-state index contributed by atoms with van der Waals surface area (Å²) >= 11 is 0. The Morgan fingerprint density at radius 2 is 1.65 bits per heavy atom. The number of H-pyrrole nitrogens is 1. The van der Waals surface area contributed by atoms with Crippen LogP contribution in [0.4, 0.5) is 16.2 Å². The molecule has 5 aromatic rings. The van der Waals surface area contributed by atoms with E-state index in [1.807, 2.05) is 54.6 Å². The molecule has 0 spiro atoms. The van der Waals surface area contributed by atoms with Crippen LogP contribution in [-0.4, -0.2) is 71.6 Å². The fourth-order valence-corrected chi connectivity index (χ4v) is 6.28. The van der Waals surface area contributed by atoms with E-state index in [-0.39, 0.29) is 17.4 Å². The van der Waals surface area contributed by atoms with Crippen molar-refractivity contribution in [3.05, 3.63) is 125 Å². The monoisotopic (exact) mass is 661 g/mol. The molecule has 10 heteroatoms. The van der Waals surface area contributed by atoms with Crippen molar-refractivity contribution in [2.24, 2.45) is 0 Å². The van der Waals surface area contributed by atoms with Crippen molar-refractivity contribution in [3.8, 4) is 16.9 Å². The third-order valence-electron chi connectivity index (χ3n) is 8.96. The molecule has 0 saturated carbocycles. The van der Waals surface area contributed by atoms with Gasteiger partial charge in [0.05, 0.1) is 17.3 Å². The number of amides is 1. The van der Waals surface area contributed by atoms with Crippen LogP contribution in [0, 0.1) is 0 Å². The highest BCUT2D eigenvalue weighted by atomic mass is 16.6. The molecule has 1 aliphatic heterocycles. The number of benzene rings is 4. The second-order valence-electron chi connectivity index (χ2n) is 12.4. The normalized spacial score (nSPS) is 14.4. The lowest BCUT2D eigenvalue weighted by atomic mass is 10.0. The number of carbonyl (C=O) groups is 1. The number of aromatic amines is 1. The molecule has 0 radical (unpaired) electrons. The maximum absolute atomic E-state index is 12.7. The minimum absolute atomic E-state index is 0.0232. The number of phenolic OH excluding ortho intramolecular Hbond substituents is 1. The van der Waals surface area contributed by atoms with Crippen LogP contribution in [0.25, 0.3) is 22.0 Å². The quantitative estimate of drug-likeness (QED) is 0.0860. The van der Waals surface area contributed by atoms with E-state index in [9.17, 15) is 19.8 Å². The molecule has 4 aromatic carbocycles. The number of aliphatic hydroxyl groups is 1. The summed E-state index contributed by atoms with van der Waals surface area (Å²) in [4.78, 5) is 29.4. The number of nitrogens with zero attached hydrogens (tertiary/aromatic N) is 1. The van der Waals surface area contributed by atoms with Crippen molar-refractivity contribution < 1.29 is 19.7 Å². The van der Waals surface area contributed by atoms with Crippen molar-refractivity contribution in [2.45, 2.75) is 31.5 Å². The first kappa shape index (κ1) is 33.7. The van der Waals surface area contributed by atoms with Crippen LogP contribution in [0.2, 0.25) is 0 Å². The number of para-hydroxylation sites is 1. The number of aliphatic hydroxyl groups excluding tert-OH is 1. The summed E-state index contributed by atoms with van der Waals surface area (Å²) < 4.78 is 5.78. The number of anilines is 2. The number of hydrogen-bond acceptors (Lipinski definition) is 8. The molecule has 1 saturated heterocycles. The Labute approximate surface area is 285 Å². The average molecular weight is 662 g/mol. The van der Waals surface area contributed by atoms with Gasteiger partial charge in [-0.05, 0) is 72.8 Å². The highest BCUT2D eigenvalue weighted by Gasteiger charge is 2.22. The van der Waals surface area contributed by atoms with Crippen LogP contribution in [0.1, 0.15) is 30.1 Å². The van der Waals surface area contributed by atoms with Gasteiger partial charge in [-0.15, -0.1) is 0 Å². The number of ether oxygens (including phenoxy) is 1. The molecule has 254 valence electrons. The lowest BCUT2D eigenvalue weighted by Crippen LogP contribution is -2.40. The first-order valence-corrected chi connectivity index (χ1v) is 16.8. The van der Waals surface area contributed by atoms with Crippen LogP contribution in [0.15, 0.2) is 108 Å². The zero-order chi connectivity index (χ0) is 34.0. The van der Waals surface area contributed by atoms with Gasteiger partial charge in [0.25, 0.3) is 0 Å². The number of carbonyl (C=O) groups excluding carboxylic acids is 1. The van der Waals surface area contributed by atoms with Crippen LogP contribution in [0.5, 0.6) is 5.75 Å². The summed E-state index contributed by atoms with van der Waals surface area (Å²) in [6.45, 7) is 4.52. The van der Waals surface area contributed by atoms with E-state index in [4.69, 9.17) is 4.74 Å². The highest BCUT2D eigenvalue weighted by Crippen LogP contribution is 2.29. The van der Waals surface area contributed by atoms with E-state index in [1.54, 1.807) is 12.1 Å². The highest BCUT2D eigenvalue weighted by molar-refractivity contribution is 5.91. The third-order valence-corrected chi connectivity index (χ3v) is 8.96. The zero-order valence-corrected chi connectivity index (χ0v) is 27.4. The van der Waals surface area contributed by atoms with Gasteiger partial charge in [-0.25, -0.2) is 4.79 Å². The van der Waals surface area contributed by atoms with Gasteiger partial charge in [0.2, 0.25) is 5.56 Å². The summed E-state index contributed by atoms with van der Waals surface area (Å²) in [5.74, 6) is -0.0232. The Bertz CT molecular complexity index is 1890. The number of phenols is 1. The minimum Gasteiger partial charge on any atom is -0.506 e. The lowest BCUT2D eigenvalue weighted by molar-refractivity contribution is 0.0602. The smallest absolute Gasteiger partial charge is 0.411 e. The molecule has 10 nitrogen and oxygen atoms in total. The Kier molecular flexibility index (Phi) is 11.2. The fraction of sp³-hybridized carbons (Fsp3) is 0.282. The van der Waals surface area contributed by atoms with Gasteiger partial charge in [0.1, 0.15) is 11.9 Å². The van der Waals surface area contributed by atoms with Crippen molar-refractivity contribution in [2.75, 3.05) is 49.9 Å². The van der Waals surface area contributed by atoms with E-state index in [0.29, 0.717) is 29.6 Å². The number of pyridine rings is 1. The number of nitrogens with one attached hydrogen (secondary N) is 4. The second-order valence-corrected chi connectivity index (χ2v) is 12.4. The number of aromatic nitrogens is 1. The predicted molar refractivity (Wildman–Crippen MR) is 194 cm³/mol. The van der Waals surface area contributed by atoms with Crippen molar-refractivity contribution in [1.82, 2.24) is 15.2 Å². The predicted octanol–water partition coefficient (Wildman–Crippen LogP) is 5.89. The van der Waals surface area contributed by atoms with Gasteiger partial charge in [-0.1, -0.05) is 66.7 Å². The maximum atomic E-state index is 12.7. The fourth-order valence-electron chi connectivity index (χ4n) is 6.28. The molecule has 0 unspecified atom stereocenters. The van der Waals surface area contributed by atoms with Crippen molar-refractivity contribution in [3.63, 3.8) is 0 Å². The average Bonchev–Trinajstić information content (AvgIpc) is 3.12. The van der Waals surface area contributed by atoms with Crippen molar-refractivity contribution in [1.29, 1.82) is 0 Å². The first-order chi connectivity index (χ1) is 23.9. The molecule has 1 aromatic heterocycles. The Hall–Kier alpha value is -5.16. The molecule has 0 aliphatic carbocycles. The van der Waals surface area contributed by atoms with Gasteiger partial charge in [-0.3, -0.25) is 10.1 Å². The van der Waals surface area contributed by atoms with Crippen LogP contribution < -0.4 is 21.5 Å². The summed E-state index contributed by atoms with van der Waals surface area (Å²) in [7, 11) is 0. The number of piperidine rings is 1. The summed E-state index contributed by atoms with van der Waals surface area (Å²) in [6, 6.07) is 32.3. The number of rotatable bonds is 13. The number of fused-ring (bicyclic) bond motifs is 1. The van der Waals surface area contributed by atoms with Gasteiger partial charge in [-0.2, -0.15) is 0 Å². The van der Waals surface area contributed by atoms with Crippen molar-refractivity contribution >= 4 is 28.4 Å². The molecule has 6 N–H and O–H groups in total. The minimum atomic E-state index is -0.785. The molecule has 1 aliphatic rings. The Morgan fingerprint density at radius 1 is 0.898 bits per heavy atom. The van der Waals surface area contributed by atoms with E-state index < -0.39 is 12.2 Å². The molecule has 1 atom stereocenters. The van der Waals surface area contributed by atoms with Gasteiger partial charge >= 0.3 is 6.09 Å². The molecule has 6 rings (SSSR count). The molecule has 0 bridgehead atoms. The van der Waals surface area contributed by atoms with E-state index in [0.717, 1.165) is 67.9 Å². The van der Waals surface area contributed by atoms with Crippen LogP contribution >= 0.6 is 0 Å². The summed E-state index contributed by atoms with van der Waals surface area (Å²) in [6.07, 6.45) is 1.12. The Morgan fingerprint density at radius 3 is 2.45 bits per heavy atom. The molecule has 1 amide bonds. The van der Waals surface area contributed by atoms with E-state index in [1.165, 1.54) is 17.7 Å². The second kappa shape index (κ2) is 16.3. The standard InChI is InChI=1S/C39H43N5O5/c45-35-16-14-32(33-15-17-37(47)43-38(33)35)36(46)26-40-21-18-27-10-12-29(13-11-27)41-22-25-44-23-19-30(20-24-44)49-39(48)42-34-9-5-4-8-31(34)28-6-2-1-3-7-28/h1-17,30,36,40-41,45-46H,18-26H2,(H,42,48)(H,43,47)/t36-/m0/s1. The van der Waals surface area contributed by atoms with E-state index in [2.05, 4.69) is 50.1 Å². The third kappa shape index (κ3) is 9.05. The molecule has 49 heavy (non-hydrogen) atoms. The topological polar surface area (TPSA) is 139 Å². The van der Waals surface area contributed by atoms with Gasteiger partial charge in [0.15, 0.2) is 0 Å². The van der Waals surface area contributed by atoms with E-state index >= 15 is 0 Å². The molecular weight excluding hydrogens is 618 g/mol. The van der Waals surface area contributed by atoms with Gasteiger partial charge in [0, 0.05) is 55.4 Å². The lowest BCUT2D eigenvalue weighted by Gasteiger charge is -2.31. The zero-order valence-electron chi connectivity index (χ0n) is 27.4. The summed E-state index contributed by atoms with van der Waals surface area (Å²) in [5, 5.41) is 31.2. The van der Waals surface area contributed by atoms with Crippen LogP contribution in [-0.2, 0) is 11.2 Å². The summed E-state index contributed by atoms with van der Waals surface area (Å²) in [5.41, 5.74) is 5.67. The maximum Gasteiger partial charge on any atom is 0.411 e. The molecule has 1 fully saturated rings. The Balaban J connectivity index is 0.866. The van der Waals surface area contributed by atoms with Crippen LogP contribution in [0.3, 0.4) is 0 Å². The molecular formula is C39H43N5O5. The van der Waals surface area contributed by atoms with Gasteiger partial charge < -0.3 is 35.5 Å². The SMILES string of the molecule is O=C(Nc1ccccc1-c1ccccc1)OC1CCN(CCNc2ccc(CCNC[C@H](O)c3ccc(O)c4[nH]c(=O)ccc34)cc2)CC1. The molecule has 2 heterocycles. The number of hydrogen-bond donors (Lipinski definition) is 6. The first-order valence-electron chi connectivity index (χ1n) is 16.8. The largest absolute Gasteiger partial charge is 0.506 e. The number of aromatic hydroxyl groups is 1. The number of likely N-dealkylation sites (tertiary alicyclic amines) is 1.